The molecule has 1 fully saturated rings. The topological polar surface area (TPSA) is 56.7 Å². The number of hydrogen-bond donors (Lipinski definition) is 1. The number of anilines is 1. The molecule has 2 aromatic carbocycles. The molecule has 2 heterocycles. The SMILES string of the molecule is Cc1nc(CSc2ccc(C(=O)N3CCN(c4cccc(O)c4)CC3)cc2)cs1. The third-order valence-electron chi connectivity index (χ3n) is 4.92. The van der Waals surface area contributed by atoms with E-state index in [1.54, 1.807) is 35.2 Å². The largest absolute Gasteiger partial charge is 0.508 e. The number of aromatic hydroxyl groups is 1. The Morgan fingerprint density at radius 2 is 1.90 bits per heavy atom. The van der Waals surface area contributed by atoms with Crippen LogP contribution in [-0.2, 0) is 5.75 Å². The van der Waals surface area contributed by atoms with Crippen LogP contribution in [0.5, 0.6) is 5.75 Å². The van der Waals surface area contributed by atoms with Crippen LogP contribution in [-0.4, -0.2) is 47.1 Å². The van der Waals surface area contributed by atoms with E-state index in [2.05, 4.69) is 15.3 Å². The van der Waals surface area contributed by atoms with Gasteiger partial charge in [0.2, 0.25) is 0 Å². The zero-order valence-corrected chi connectivity index (χ0v) is 17.9. The average Bonchev–Trinajstić information content (AvgIpc) is 3.17. The molecule has 7 heteroatoms. The maximum absolute atomic E-state index is 12.8. The van der Waals surface area contributed by atoms with Crippen molar-refractivity contribution >= 4 is 34.7 Å². The molecule has 29 heavy (non-hydrogen) atoms. The van der Waals surface area contributed by atoms with E-state index in [0.717, 1.165) is 45.7 Å². The molecule has 1 N–H and O–H groups in total. The fourth-order valence-electron chi connectivity index (χ4n) is 3.37. The minimum atomic E-state index is 0.0761. The van der Waals surface area contributed by atoms with Gasteiger partial charge >= 0.3 is 0 Å². The van der Waals surface area contributed by atoms with Gasteiger partial charge in [-0.05, 0) is 43.3 Å². The smallest absolute Gasteiger partial charge is 0.253 e. The molecule has 0 aliphatic carbocycles. The molecular formula is C22H23N3O2S2. The number of carbonyl (C=O) groups is 1. The van der Waals surface area contributed by atoms with Crippen molar-refractivity contribution in [3.8, 4) is 5.75 Å². The van der Waals surface area contributed by atoms with Crippen LogP contribution < -0.4 is 4.90 Å². The minimum absolute atomic E-state index is 0.0761. The number of thiazole rings is 1. The molecule has 4 rings (SSSR count). The van der Waals surface area contributed by atoms with Gasteiger partial charge in [0.1, 0.15) is 5.75 Å². The Balaban J connectivity index is 1.31. The van der Waals surface area contributed by atoms with Crippen LogP contribution in [0, 0.1) is 6.92 Å². The second-order valence-corrected chi connectivity index (χ2v) is 9.08. The van der Waals surface area contributed by atoms with E-state index in [0.29, 0.717) is 13.1 Å². The van der Waals surface area contributed by atoms with Crippen LogP contribution in [0.25, 0.3) is 0 Å². The predicted octanol–water partition coefficient (Wildman–Crippen LogP) is 4.41. The summed E-state index contributed by atoms with van der Waals surface area (Å²) in [4.78, 5) is 22.6. The number of aryl methyl sites for hydroxylation is 1. The molecule has 1 amide bonds. The van der Waals surface area contributed by atoms with Crippen molar-refractivity contribution in [2.75, 3.05) is 31.1 Å². The fraction of sp³-hybridized carbons (Fsp3) is 0.273. The zero-order valence-electron chi connectivity index (χ0n) is 16.2. The Kier molecular flexibility index (Phi) is 6.06. The Labute approximate surface area is 179 Å². The molecule has 0 unspecified atom stereocenters. The van der Waals surface area contributed by atoms with E-state index in [1.165, 1.54) is 0 Å². The van der Waals surface area contributed by atoms with Crippen molar-refractivity contribution in [1.82, 2.24) is 9.88 Å². The van der Waals surface area contributed by atoms with E-state index in [9.17, 15) is 9.90 Å². The molecule has 150 valence electrons. The summed E-state index contributed by atoms with van der Waals surface area (Å²) in [6.07, 6.45) is 0. The second-order valence-electron chi connectivity index (χ2n) is 6.97. The number of thioether (sulfide) groups is 1. The predicted molar refractivity (Wildman–Crippen MR) is 119 cm³/mol. The second kappa shape index (κ2) is 8.88. The number of amides is 1. The summed E-state index contributed by atoms with van der Waals surface area (Å²) in [5.74, 6) is 1.19. The highest BCUT2D eigenvalue weighted by molar-refractivity contribution is 7.98. The van der Waals surface area contributed by atoms with E-state index in [1.807, 2.05) is 48.2 Å². The van der Waals surface area contributed by atoms with Gasteiger partial charge in [0.15, 0.2) is 0 Å². The van der Waals surface area contributed by atoms with Crippen LogP contribution in [0.4, 0.5) is 5.69 Å². The normalized spacial score (nSPS) is 14.2. The molecule has 0 bridgehead atoms. The van der Waals surface area contributed by atoms with Gasteiger partial charge in [0, 0.05) is 59.5 Å². The standard InChI is InChI=1S/C22H23N3O2S2/c1-16-23-18(14-28-16)15-29-21-7-5-17(6-8-21)22(27)25-11-9-24(10-12-25)19-3-2-4-20(26)13-19/h2-8,13-14,26H,9-12,15H2,1H3. The lowest BCUT2D eigenvalue weighted by atomic mass is 10.1. The molecule has 0 saturated carbocycles. The van der Waals surface area contributed by atoms with Crippen molar-refractivity contribution in [2.24, 2.45) is 0 Å². The number of piperazine rings is 1. The highest BCUT2D eigenvalue weighted by atomic mass is 32.2. The van der Waals surface area contributed by atoms with Gasteiger partial charge < -0.3 is 14.9 Å². The average molecular weight is 426 g/mol. The van der Waals surface area contributed by atoms with Gasteiger partial charge in [0.05, 0.1) is 10.7 Å². The van der Waals surface area contributed by atoms with Gasteiger partial charge in [-0.1, -0.05) is 6.07 Å². The minimum Gasteiger partial charge on any atom is -0.508 e. The van der Waals surface area contributed by atoms with Crippen LogP contribution in [0.3, 0.4) is 0 Å². The monoisotopic (exact) mass is 425 g/mol. The summed E-state index contributed by atoms with van der Waals surface area (Å²) in [7, 11) is 0. The summed E-state index contributed by atoms with van der Waals surface area (Å²) < 4.78 is 0. The van der Waals surface area contributed by atoms with E-state index in [4.69, 9.17) is 0 Å². The summed E-state index contributed by atoms with van der Waals surface area (Å²) >= 11 is 3.40. The maximum Gasteiger partial charge on any atom is 0.253 e. The number of carbonyl (C=O) groups excluding carboxylic acids is 1. The van der Waals surface area contributed by atoms with Gasteiger partial charge in [-0.15, -0.1) is 23.1 Å². The number of nitrogens with zero attached hydrogens (tertiary/aromatic N) is 3. The third-order valence-corrected chi connectivity index (χ3v) is 6.78. The fourth-order valence-corrected chi connectivity index (χ4v) is 4.87. The summed E-state index contributed by atoms with van der Waals surface area (Å²) in [5, 5.41) is 12.8. The highest BCUT2D eigenvalue weighted by Crippen LogP contribution is 2.25. The Hall–Kier alpha value is -2.51. The third kappa shape index (κ3) is 4.92. The lowest BCUT2D eigenvalue weighted by molar-refractivity contribution is 0.0746. The van der Waals surface area contributed by atoms with Gasteiger partial charge in [-0.3, -0.25) is 4.79 Å². The highest BCUT2D eigenvalue weighted by Gasteiger charge is 2.22. The number of rotatable bonds is 5. The first-order chi connectivity index (χ1) is 14.1. The van der Waals surface area contributed by atoms with Crippen LogP contribution in [0.1, 0.15) is 21.1 Å². The molecule has 0 spiro atoms. The van der Waals surface area contributed by atoms with Crippen molar-refractivity contribution < 1.29 is 9.90 Å². The van der Waals surface area contributed by atoms with Gasteiger partial charge in [-0.25, -0.2) is 4.98 Å². The first-order valence-electron chi connectivity index (χ1n) is 9.55. The van der Waals surface area contributed by atoms with Crippen LogP contribution in [0.15, 0.2) is 58.8 Å². The van der Waals surface area contributed by atoms with Crippen LogP contribution in [0.2, 0.25) is 0 Å². The Bertz CT molecular complexity index is 980. The van der Waals surface area contributed by atoms with Gasteiger partial charge in [0.25, 0.3) is 5.91 Å². The molecule has 3 aromatic rings. The van der Waals surface area contributed by atoms with Crippen molar-refractivity contribution in [3.63, 3.8) is 0 Å². The lowest BCUT2D eigenvalue weighted by Gasteiger charge is -2.36. The molecule has 1 aliphatic heterocycles. The van der Waals surface area contributed by atoms with Crippen molar-refractivity contribution in [2.45, 2.75) is 17.6 Å². The number of phenolic OH excluding ortho intramolecular Hbond substituents is 1. The number of aromatic nitrogens is 1. The summed E-state index contributed by atoms with van der Waals surface area (Å²) in [6.45, 7) is 4.89. The van der Waals surface area contributed by atoms with Gasteiger partial charge in [-0.2, -0.15) is 0 Å². The van der Waals surface area contributed by atoms with E-state index < -0.39 is 0 Å². The first-order valence-corrected chi connectivity index (χ1v) is 11.4. The quantitative estimate of drug-likeness (QED) is 0.614. The molecule has 0 radical (unpaired) electrons. The molecule has 1 aromatic heterocycles. The van der Waals surface area contributed by atoms with Crippen LogP contribution >= 0.6 is 23.1 Å². The molecule has 5 nitrogen and oxygen atoms in total. The maximum atomic E-state index is 12.8. The molecular weight excluding hydrogens is 402 g/mol. The molecule has 1 saturated heterocycles. The molecule has 0 atom stereocenters. The summed E-state index contributed by atoms with van der Waals surface area (Å²) in [5.41, 5.74) is 2.82. The lowest BCUT2D eigenvalue weighted by Crippen LogP contribution is -2.48. The number of hydrogen-bond acceptors (Lipinski definition) is 6. The Morgan fingerprint density at radius 3 is 2.55 bits per heavy atom. The number of benzene rings is 2. The number of phenols is 1. The van der Waals surface area contributed by atoms with Crippen molar-refractivity contribution in [1.29, 1.82) is 0 Å². The van der Waals surface area contributed by atoms with E-state index >= 15 is 0 Å². The Morgan fingerprint density at radius 1 is 1.14 bits per heavy atom. The van der Waals surface area contributed by atoms with E-state index in [-0.39, 0.29) is 11.7 Å². The first kappa shape index (κ1) is 19.8. The molecule has 1 aliphatic rings. The zero-order chi connectivity index (χ0) is 20.2. The summed E-state index contributed by atoms with van der Waals surface area (Å²) in [6, 6.07) is 15.1. The van der Waals surface area contributed by atoms with Crippen molar-refractivity contribution in [3.05, 3.63) is 70.2 Å².